The van der Waals surface area contributed by atoms with Crippen LogP contribution in [0.15, 0.2) is 10.8 Å². The number of fused-ring (bicyclic) bond motifs is 1. The van der Waals surface area contributed by atoms with Crippen molar-refractivity contribution in [3.05, 3.63) is 10.8 Å². The molecule has 1 aromatic rings. The molecule has 0 aliphatic carbocycles. The molecule has 236 valence electrons. The molecule has 0 radical (unpaired) electrons. The lowest BCUT2D eigenvalue weighted by molar-refractivity contribution is -0.130. The molecule has 2 N–H and O–H groups in total. The van der Waals surface area contributed by atoms with E-state index in [0.717, 1.165) is 43.9 Å². The van der Waals surface area contributed by atoms with Gasteiger partial charge in [0.25, 0.3) is 0 Å². The predicted octanol–water partition coefficient (Wildman–Crippen LogP) is 4.18. The Morgan fingerprint density at radius 3 is 2.46 bits per heavy atom. The van der Waals surface area contributed by atoms with Crippen LogP contribution in [0.25, 0.3) is 0 Å². The van der Waals surface area contributed by atoms with Crippen molar-refractivity contribution in [2.75, 3.05) is 71.8 Å². The summed E-state index contributed by atoms with van der Waals surface area (Å²) in [5.74, 6) is 1.87. The Morgan fingerprint density at radius 1 is 0.951 bits per heavy atom. The lowest BCUT2D eigenvalue weighted by atomic mass is 9.94. The third-order valence-corrected chi connectivity index (χ3v) is 7.13. The summed E-state index contributed by atoms with van der Waals surface area (Å²) in [4.78, 5) is 24.6. The average molecular weight is 621 g/mol. The average Bonchev–Trinajstić information content (AvgIpc) is 3.39. The van der Waals surface area contributed by atoms with Gasteiger partial charge in [-0.1, -0.05) is 26.7 Å². The second-order valence-electron chi connectivity index (χ2n) is 11.5. The predicted molar refractivity (Wildman–Crippen MR) is 160 cm³/mol. The van der Waals surface area contributed by atoms with Crippen molar-refractivity contribution in [3.63, 3.8) is 0 Å². The number of hydrogen-bond acceptors (Lipinski definition) is 9. The summed E-state index contributed by atoms with van der Waals surface area (Å²) in [5.41, 5.74) is -0.990. The van der Waals surface area contributed by atoms with Crippen LogP contribution in [0.4, 0.5) is 0 Å². The number of nitrogens with one attached hydrogen (secondary N) is 2. The Labute approximate surface area is 254 Å². The van der Waals surface area contributed by atoms with Gasteiger partial charge in [-0.2, -0.15) is 0 Å². The molecule has 2 amide bonds. The minimum absolute atomic E-state index is 0.0644. The molecule has 1 aromatic heterocycles. The zero-order chi connectivity index (χ0) is 30.0. The summed E-state index contributed by atoms with van der Waals surface area (Å²) < 4.78 is 34.1. The summed E-state index contributed by atoms with van der Waals surface area (Å²) in [6.45, 7) is 11.8. The second kappa shape index (κ2) is 19.5. The van der Waals surface area contributed by atoms with E-state index in [1.54, 1.807) is 0 Å². The summed E-state index contributed by atoms with van der Waals surface area (Å²) in [5, 5.41) is 9.54. The number of thiophene rings is 1. The van der Waals surface area contributed by atoms with E-state index in [9.17, 15) is 9.59 Å². The van der Waals surface area contributed by atoms with Gasteiger partial charge >= 0.3 is 0 Å². The highest BCUT2D eigenvalue weighted by molar-refractivity contribution is 7.08. The number of halogens is 1. The Bertz CT molecular complexity index is 883. The van der Waals surface area contributed by atoms with Crippen molar-refractivity contribution < 1.29 is 38.0 Å². The third kappa shape index (κ3) is 16.6. The van der Waals surface area contributed by atoms with Gasteiger partial charge in [0, 0.05) is 41.8 Å². The molecule has 0 saturated heterocycles. The van der Waals surface area contributed by atoms with Crippen molar-refractivity contribution in [1.29, 1.82) is 0 Å². The molecule has 1 unspecified atom stereocenters. The van der Waals surface area contributed by atoms with Gasteiger partial charge in [0.15, 0.2) is 17.6 Å². The SMILES string of the molecule is CC(C)(CNC(=O)COCC1COc2cscc2O1)COC(C)(C)CC(=O)NCCOCCOCCCCCCCl. The van der Waals surface area contributed by atoms with Gasteiger partial charge in [0.05, 0.1) is 45.1 Å². The van der Waals surface area contributed by atoms with E-state index < -0.39 is 5.60 Å². The third-order valence-electron chi connectivity index (χ3n) is 6.17. The molecule has 0 bridgehead atoms. The van der Waals surface area contributed by atoms with Gasteiger partial charge < -0.3 is 39.1 Å². The highest BCUT2D eigenvalue weighted by atomic mass is 35.5. The first-order valence-corrected chi connectivity index (χ1v) is 15.9. The summed E-state index contributed by atoms with van der Waals surface area (Å²) >= 11 is 7.18. The number of carbonyl (C=O) groups excluding carboxylic acids is 2. The number of amides is 2. The largest absolute Gasteiger partial charge is 0.485 e. The molecular weight excluding hydrogens is 572 g/mol. The minimum atomic E-state index is -0.655. The fraction of sp³-hybridized carbons (Fsp3) is 0.793. The van der Waals surface area contributed by atoms with Gasteiger partial charge in [0.2, 0.25) is 11.8 Å². The van der Waals surface area contributed by atoms with Crippen LogP contribution >= 0.6 is 22.9 Å². The highest BCUT2D eigenvalue weighted by Gasteiger charge is 2.28. The molecule has 1 atom stereocenters. The zero-order valence-electron chi connectivity index (χ0n) is 25.1. The van der Waals surface area contributed by atoms with Crippen molar-refractivity contribution in [3.8, 4) is 11.5 Å². The Morgan fingerprint density at radius 2 is 1.68 bits per heavy atom. The normalized spacial score (nSPS) is 15.1. The molecule has 0 saturated carbocycles. The Hall–Kier alpha value is -1.63. The molecule has 10 nitrogen and oxygen atoms in total. The fourth-order valence-corrected chi connectivity index (χ4v) is 4.65. The molecule has 12 heteroatoms. The first-order valence-electron chi connectivity index (χ1n) is 14.4. The molecule has 1 aliphatic rings. The fourth-order valence-electron chi connectivity index (χ4n) is 3.79. The summed E-state index contributed by atoms with van der Waals surface area (Å²) in [7, 11) is 0. The first kappa shape index (κ1) is 35.6. The van der Waals surface area contributed by atoms with Gasteiger partial charge in [-0.15, -0.1) is 22.9 Å². The van der Waals surface area contributed by atoms with Crippen LogP contribution in [0.3, 0.4) is 0 Å². The van der Waals surface area contributed by atoms with Gasteiger partial charge in [-0.05, 0) is 26.7 Å². The maximum absolute atomic E-state index is 12.4. The van der Waals surface area contributed by atoms with E-state index in [0.29, 0.717) is 51.9 Å². The summed E-state index contributed by atoms with van der Waals surface area (Å²) in [6, 6.07) is 0. The van der Waals surface area contributed by atoms with E-state index in [1.807, 2.05) is 38.5 Å². The zero-order valence-corrected chi connectivity index (χ0v) is 26.7. The van der Waals surface area contributed by atoms with E-state index in [-0.39, 0.29) is 43.0 Å². The van der Waals surface area contributed by atoms with Crippen LogP contribution in [-0.4, -0.2) is 95.3 Å². The van der Waals surface area contributed by atoms with Crippen LogP contribution in [0.5, 0.6) is 11.5 Å². The van der Waals surface area contributed by atoms with Gasteiger partial charge in [-0.3, -0.25) is 9.59 Å². The molecule has 1 aliphatic heterocycles. The Kier molecular flexibility index (Phi) is 16.9. The lowest BCUT2D eigenvalue weighted by Crippen LogP contribution is -2.42. The van der Waals surface area contributed by atoms with Crippen LogP contribution in [-0.2, 0) is 28.5 Å². The first-order chi connectivity index (χ1) is 19.6. The van der Waals surface area contributed by atoms with E-state index in [2.05, 4.69) is 10.6 Å². The van der Waals surface area contributed by atoms with E-state index in [4.69, 9.17) is 40.0 Å². The number of alkyl halides is 1. The topological polar surface area (TPSA) is 114 Å². The van der Waals surface area contributed by atoms with Crippen molar-refractivity contribution >= 4 is 34.8 Å². The van der Waals surface area contributed by atoms with Crippen LogP contribution in [0, 0.1) is 5.41 Å². The second-order valence-corrected chi connectivity index (χ2v) is 12.6. The van der Waals surface area contributed by atoms with Gasteiger partial charge in [-0.25, -0.2) is 0 Å². The van der Waals surface area contributed by atoms with Crippen LogP contribution < -0.4 is 20.1 Å². The molecular formula is C29H49ClN2O8S. The lowest BCUT2D eigenvalue weighted by Gasteiger charge is -2.32. The van der Waals surface area contributed by atoms with Crippen LogP contribution in [0.1, 0.15) is 59.8 Å². The maximum Gasteiger partial charge on any atom is 0.246 e. The molecule has 2 rings (SSSR count). The quantitative estimate of drug-likeness (QED) is 0.138. The number of unbranched alkanes of at least 4 members (excludes halogenated alkanes) is 3. The molecule has 0 fully saturated rings. The standard InChI is InChI=1S/C29H49ClN2O8S/c1-28(2,21-32-27(34)18-37-16-23-17-38-24-19-41-20-25(24)40-23)22-39-29(3,4)15-26(33)31-10-12-36-14-13-35-11-8-6-5-7-9-30/h19-20,23H,5-18,21-22H2,1-4H3,(H,31,33)(H,32,34). The number of rotatable bonds is 23. The van der Waals surface area contributed by atoms with Crippen molar-refractivity contribution in [2.24, 2.45) is 5.41 Å². The van der Waals surface area contributed by atoms with Crippen molar-refractivity contribution in [1.82, 2.24) is 10.6 Å². The number of hydrogen-bond donors (Lipinski definition) is 2. The molecule has 41 heavy (non-hydrogen) atoms. The highest BCUT2D eigenvalue weighted by Crippen LogP contribution is 2.35. The smallest absolute Gasteiger partial charge is 0.246 e. The minimum Gasteiger partial charge on any atom is -0.485 e. The summed E-state index contributed by atoms with van der Waals surface area (Å²) in [6.07, 6.45) is 4.34. The molecule has 0 aromatic carbocycles. The number of ether oxygens (including phenoxy) is 6. The maximum atomic E-state index is 12.4. The molecule has 0 spiro atoms. The van der Waals surface area contributed by atoms with Crippen LogP contribution in [0.2, 0.25) is 0 Å². The monoisotopic (exact) mass is 620 g/mol. The van der Waals surface area contributed by atoms with Crippen molar-refractivity contribution in [2.45, 2.75) is 71.5 Å². The van der Waals surface area contributed by atoms with Gasteiger partial charge in [0.1, 0.15) is 13.2 Å². The molecule has 2 heterocycles. The van der Waals surface area contributed by atoms with E-state index >= 15 is 0 Å². The number of carbonyl (C=O) groups is 2. The van der Waals surface area contributed by atoms with E-state index in [1.165, 1.54) is 11.3 Å². The Balaban J connectivity index is 1.48.